The SMILES string of the molecule is CC(=O)N(/C=C/C=C/C=C1\SC(=S)N(CCc2ccccc2)C1=O)c1ccc(C)cc1. The quantitative estimate of drug-likeness (QED) is 0.323. The Morgan fingerprint density at radius 2 is 1.77 bits per heavy atom. The summed E-state index contributed by atoms with van der Waals surface area (Å²) in [6, 6.07) is 17.8. The van der Waals surface area contributed by atoms with Crippen molar-refractivity contribution in [3.63, 3.8) is 0 Å². The van der Waals surface area contributed by atoms with E-state index >= 15 is 0 Å². The van der Waals surface area contributed by atoms with E-state index in [2.05, 4.69) is 0 Å². The fourth-order valence-corrected chi connectivity index (χ4v) is 4.27. The first-order chi connectivity index (χ1) is 15.0. The topological polar surface area (TPSA) is 40.6 Å². The van der Waals surface area contributed by atoms with Gasteiger partial charge in [0.1, 0.15) is 4.32 Å². The molecule has 2 amide bonds. The minimum absolute atomic E-state index is 0.0652. The van der Waals surface area contributed by atoms with Crippen molar-refractivity contribution in [1.82, 2.24) is 4.90 Å². The summed E-state index contributed by atoms with van der Waals surface area (Å²) in [5.74, 6) is -0.141. The molecule has 0 unspecified atom stereocenters. The van der Waals surface area contributed by atoms with Gasteiger partial charge in [0.05, 0.1) is 4.91 Å². The lowest BCUT2D eigenvalue weighted by molar-refractivity contribution is -0.122. The molecule has 0 spiro atoms. The zero-order valence-corrected chi connectivity index (χ0v) is 19.2. The Morgan fingerprint density at radius 1 is 1.06 bits per heavy atom. The van der Waals surface area contributed by atoms with Crippen molar-refractivity contribution in [3.05, 3.63) is 101 Å². The molecule has 4 nitrogen and oxygen atoms in total. The number of anilines is 1. The van der Waals surface area contributed by atoms with Crippen LogP contribution in [0.3, 0.4) is 0 Å². The van der Waals surface area contributed by atoms with Gasteiger partial charge in [0, 0.05) is 25.4 Å². The van der Waals surface area contributed by atoms with Gasteiger partial charge in [-0.3, -0.25) is 19.4 Å². The third-order valence-corrected chi connectivity index (χ3v) is 6.09. The summed E-state index contributed by atoms with van der Waals surface area (Å²) in [4.78, 5) is 28.4. The van der Waals surface area contributed by atoms with Crippen molar-refractivity contribution >= 4 is 45.8 Å². The average Bonchev–Trinajstić information content (AvgIpc) is 3.03. The highest BCUT2D eigenvalue weighted by Gasteiger charge is 2.31. The number of rotatable bonds is 7. The number of carbonyl (C=O) groups excluding carboxylic acids is 2. The molecule has 0 N–H and O–H groups in total. The maximum absolute atomic E-state index is 12.7. The van der Waals surface area contributed by atoms with Crippen molar-refractivity contribution in [2.45, 2.75) is 20.3 Å². The van der Waals surface area contributed by atoms with E-state index in [1.807, 2.05) is 61.5 Å². The maximum Gasteiger partial charge on any atom is 0.266 e. The fraction of sp³-hybridized carbons (Fsp3) is 0.160. The highest BCUT2D eigenvalue weighted by molar-refractivity contribution is 8.26. The molecule has 0 radical (unpaired) electrons. The molecule has 1 heterocycles. The van der Waals surface area contributed by atoms with Crippen LogP contribution in [0.2, 0.25) is 0 Å². The van der Waals surface area contributed by atoms with Crippen LogP contribution < -0.4 is 4.90 Å². The number of hydrogen-bond donors (Lipinski definition) is 0. The first kappa shape index (κ1) is 22.7. The number of allylic oxidation sites excluding steroid dienone is 4. The lowest BCUT2D eigenvalue weighted by Gasteiger charge is -2.16. The highest BCUT2D eigenvalue weighted by atomic mass is 32.2. The molecule has 0 bridgehead atoms. The van der Waals surface area contributed by atoms with Crippen molar-refractivity contribution in [2.24, 2.45) is 0 Å². The molecule has 31 heavy (non-hydrogen) atoms. The van der Waals surface area contributed by atoms with E-state index in [1.54, 1.807) is 40.3 Å². The second-order valence-electron chi connectivity index (χ2n) is 7.04. The predicted molar refractivity (Wildman–Crippen MR) is 133 cm³/mol. The Hall–Kier alpha value is -2.96. The molecule has 2 aromatic carbocycles. The Morgan fingerprint density at radius 3 is 2.45 bits per heavy atom. The van der Waals surface area contributed by atoms with E-state index < -0.39 is 0 Å². The normalized spacial score (nSPS) is 15.5. The molecule has 2 aromatic rings. The number of thioether (sulfide) groups is 1. The smallest absolute Gasteiger partial charge is 0.266 e. The molecule has 3 rings (SSSR count). The number of amides is 2. The Labute approximate surface area is 192 Å². The molecule has 1 aliphatic heterocycles. The van der Waals surface area contributed by atoms with Crippen LogP contribution >= 0.6 is 24.0 Å². The van der Waals surface area contributed by atoms with Gasteiger partial charge in [-0.05, 0) is 43.2 Å². The van der Waals surface area contributed by atoms with Gasteiger partial charge in [-0.15, -0.1) is 0 Å². The first-order valence-electron chi connectivity index (χ1n) is 9.95. The standard InChI is InChI=1S/C25H24N2O2S2/c1-19-12-14-22(15-13-19)26(20(2)28)17-8-4-7-11-23-24(29)27(25(30)31-23)18-16-21-9-5-3-6-10-21/h3-15,17H,16,18H2,1-2H3/b7-4+,17-8+,23-11-. The highest BCUT2D eigenvalue weighted by Crippen LogP contribution is 2.31. The second kappa shape index (κ2) is 10.9. The second-order valence-corrected chi connectivity index (χ2v) is 8.72. The van der Waals surface area contributed by atoms with Crippen LogP contribution in [0.5, 0.6) is 0 Å². The van der Waals surface area contributed by atoms with Gasteiger partial charge < -0.3 is 0 Å². The zero-order valence-electron chi connectivity index (χ0n) is 17.5. The Bertz CT molecular complexity index is 1040. The van der Waals surface area contributed by atoms with Crippen molar-refractivity contribution < 1.29 is 9.59 Å². The molecule has 1 fully saturated rings. The van der Waals surface area contributed by atoms with E-state index in [0.29, 0.717) is 15.8 Å². The van der Waals surface area contributed by atoms with E-state index in [0.717, 1.165) is 17.7 Å². The third-order valence-electron chi connectivity index (χ3n) is 4.70. The van der Waals surface area contributed by atoms with Crippen LogP contribution in [-0.2, 0) is 16.0 Å². The molecule has 1 saturated heterocycles. The molecule has 0 atom stereocenters. The van der Waals surface area contributed by atoms with Crippen molar-refractivity contribution in [2.75, 3.05) is 11.4 Å². The van der Waals surface area contributed by atoms with Gasteiger partial charge in [-0.25, -0.2) is 0 Å². The van der Waals surface area contributed by atoms with Gasteiger partial charge in [0.2, 0.25) is 5.91 Å². The molecule has 0 saturated carbocycles. The van der Waals surface area contributed by atoms with E-state index in [-0.39, 0.29) is 11.8 Å². The summed E-state index contributed by atoms with van der Waals surface area (Å²) >= 11 is 6.70. The Balaban J connectivity index is 1.60. The molecule has 1 aliphatic rings. The summed E-state index contributed by atoms with van der Waals surface area (Å²) < 4.78 is 0.582. The lowest BCUT2D eigenvalue weighted by atomic mass is 10.1. The molecule has 0 aliphatic carbocycles. The summed E-state index contributed by atoms with van der Waals surface area (Å²) in [6.07, 6.45) is 9.58. The zero-order chi connectivity index (χ0) is 22.2. The van der Waals surface area contributed by atoms with Crippen molar-refractivity contribution in [3.8, 4) is 0 Å². The summed E-state index contributed by atoms with van der Waals surface area (Å²) in [7, 11) is 0. The van der Waals surface area contributed by atoms with Crippen LogP contribution in [0, 0.1) is 6.92 Å². The van der Waals surface area contributed by atoms with Crippen LogP contribution in [-0.4, -0.2) is 27.6 Å². The number of hydrogen-bond acceptors (Lipinski definition) is 4. The van der Waals surface area contributed by atoms with Gasteiger partial charge >= 0.3 is 0 Å². The van der Waals surface area contributed by atoms with Crippen molar-refractivity contribution in [1.29, 1.82) is 0 Å². The molecular weight excluding hydrogens is 424 g/mol. The van der Waals surface area contributed by atoms with Gasteiger partial charge in [-0.1, -0.05) is 84.2 Å². The minimum atomic E-state index is -0.0761. The third kappa shape index (κ3) is 6.26. The first-order valence-corrected chi connectivity index (χ1v) is 11.2. The number of carbonyl (C=O) groups is 2. The number of nitrogens with zero attached hydrogens (tertiary/aromatic N) is 2. The van der Waals surface area contributed by atoms with Gasteiger partial charge in [0.25, 0.3) is 5.91 Å². The van der Waals surface area contributed by atoms with Gasteiger partial charge in [-0.2, -0.15) is 0 Å². The number of thiocarbonyl (C=S) groups is 1. The van der Waals surface area contributed by atoms with E-state index in [1.165, 1.54) is 24.2 Å². The monoisotopic (exact) mass is 448 g/mol. The van der Waals surface area contributed by atoms with E-state index in [9.17, 15) is 9.59 Å². The lowest BCUT2D eigenvalue weighted by Crippen LogP contribution is -2.30. The van der Waals surface area contributed by atoms with Crippen LogP contribution in [0.4, 0.5) is 5.69 Å². The average molecular weight is 449 g/mol. The molecule has 0 aromatic heterocycles. The van der Waals surface area contributed by atoms with E-state index in [4.69, 9.17) is 12.2 Å². The fourth-order valence-electron chi connectivity index (χ4n) is 3.01. The number of aryl methyl sites for hydroxylation is 1. The molecule has 6 heteroatoms. The minimum Gasteiger partial charge on any atom is -0.293 e. The summed E-state index contributed by atoms with van der Waals surface area (Å²) in [6.45, 7) is 4.10. The molecular formula is C25H24N2O2S2. The number of benzene rings is 2. The summed E-state index contributed by atoms with van der Waals surface area (Å²) in [5, 5.41) is 0. The van der Waals surface area contributed by atoms with Gasteiger partial charge in [0.15, 0.2) is 0 Å². The molecule has 158 valence electrons. The van der Waals surface area contributed by atoms with Crippen LogP contribution in [0.25, 0.3) is 0 Å². The maximum atomic E-state index is 12.7. The largest absolute Gasteiger partial charge is 0.293 e. The van der Waals surface area contributed by atoms with Crippen LogP contribution in [0.15, 0.2) is 90.0 Å². The predicted octanol–water partition coefficient (Wildman–Crippen LogP) is 5.40. The summed E-state index contributed by atoms with van der Waals surface area (Å²) in [5.41, 5.74) is 3.12. The Kier molecular flexibility index (Phi) is 7.98. The van der Waals surface area contributed by atoms with Crippen LogP contribution in [0.1, 0.15) is 18.1 Å².